The van der Waals surface area contributed by atoms with E-state index in [0.29, 0.717) is 37.6 Å². The highest BCUT2D eigenvalue weighted by atomic mass is 32.2. The third-order valence-corrected chi connectivity index (χ3v) is 6.38. The van der Waals surface area contributed by atoms with Crippen LogP contribution in [0.5, 0.6) is 11.5 Å². The predicted octanol–water partition coefficient (Wildman–Crippen LogP) is 3.48. The second kappa shape index (κ2) is 10.6. The lowest BCUT2D eigenvalue weighted by Gasteiger charge is -2.22. The lowest BCUT2D eigenvalue weighted by atomic mass is 10.1. The van der Waals surface area contributed by atoms with E-state index in [-0.39, 0.29) is 24.2 Å². The molecule has 0 radical (unpaired) electrons. The molecular weight excluding hydrogens is 412 g/mol. The number of carbonyl (C=O) groups is 2. The van der Waals surface area contributed by atoms with Gasteiger partial charge in [0.1, 0.15) is 0 Å². The van der Waals surface area contributed by atoms with Gasteiger partial charge in [0.05, 0.1) is 20.1 Å². The molecule has 0 N–H and O–H groups in total. The summed E-state index contributed by atoms with van der Waals surface area (Å²) in [6, 6.07) is 14.0. The largest absolute Gasteiger partial charge is 0.493 e. The van der Waals surface area contributed by atoms with Crippen LogP contribution in [0.1, 0.15) is 17.5 Å². The normalized spacial score (nSPS) is 15.8. The van der Waals surface area contributed by atoms with Crippen LogP contribution >= 0.6 is 11.8 Å². The van der Waals surface area contributed by atoms with E-state index in [4.69, 9.17) is 9.47 Å². The van der Waals surface area contributed by atoms with Crippen molar-refractivity contribution in [2.24, 2.45) is 5.92 Å². The van der Waals surface area contributed by atoms with Crippen LogP contribution in [0.2, 0.25) is 0 Å². The maximum absolute atomic E-state index is 12.9. The van der Waals surface area contributed by atoms with Crippen LogP contribution in [0.3, 0.4) is 0 Å². The standard InChI is InChI=1S/C24H30N2O4S/c1-25(15-18-5-8-20(31-4)9-6-18)24(28)19-14-23(27)26(16-19)12-11-17-7-10-21(29-2)22(13-17)30-3/h5-10,13,19H,11-12,14-16H2,1-4H3. The van der Waals surface area contributed by atoms with E-state index in [2.05, 4.69) is 12.1 Å². The third-order valence-electron chi connectivity index (χ3n) is 5.64. The van der Waals surface area contributed by atoms with Crippen molar-refractivity contribution in [1.29, 1.82) is 0 Å². The minimum Gasteiger partial charge on any atom is -0.493 e. The van der Waals surface area contributed by atoms with Gasteiger partial charge in [-0.1, -0.05) is 18.2 Å². The summed E-state index contributed by atoms with van der Waals surface area (Å²) >= 11 is 1.69. The van der Waals surface area contributed by atoms with Gasteiger partial charge in [-0.2, -0.15) is 0 Å². The Morgan fingerprint density at radius 1 is 1.10 bits per heavy atom. The minimum absolute atomic E-state index is 0.0240. The maximum atomic E-state index is 12.9. The Kier molecular flexibility index (Phi) is 7.85. The topological polar surface area (TPSA) is 59.1 Å². The highest BCUT2D eigenvalue weighted by Crippen LogP contribution is 2.28. The van der Waals surface area contributed by atoms with Gasteiger partial charge in [-0.25, -0.2) is 0 Å². The molecule has 31 heavy (non-hydrogen) atoms. The van der Waals surface area contributed by atoms with Gasteiger partial charge in [-0.15, -0.1) is 11.8 Å². The molecule has 1 atom stereocenters. The van der Waals surface area contributed by atoms with Crippen LogP contribution in [-0.4, -0.2) is 62.2 Å². The number of hydrogen-bond acceptors (Lipinski definition) is 5. The van der Waals surface area contributed by atoms with Gasteiger partial charge in [0, 0.05) is 38.0 Å². The minimum atomic E-state index is -0.284. The highest BCUT2D eigenvalue weighted by Gasteiger charge is 2.35. The lowest BCUT2D eigenvalue weighted by Crippen LogP contribution is -2.34. The van der Waals surface area contributed by atoms with Crippen molar-refractivity contribution >= 4 is 23.6 Å². The van der Waals surface area contributed by atoms with Gasteiger partial charge in [0.15, 0.2) is 11.5 Å². The van der Waals surface area contributed by atoms with Crippen molar-refractivity contribution in [3.05, 3.63) is 53.6 Å². The van der Waals surface area contributed by atoms with Crippen LogP contribution < -0.4 is 9.47 Å². The SMILES string of the molecule is COc1ccc(CCN2CC(C(=O)N(C)Cc3ccc(SC)cc3)CC2=O)cc1OC. The van der Waals surface area contributed by atoms with Gasteiger partial charge >= 0.3 is 0 Å². The van der Waals surface area contributed by atoms with Gasteiger partial charge in [-0.3, -0.25) is 9.59 Å². The Labute approximate surface area is 188 Å². The Morgan fingerprint density at radius 2 is 1.77 bits per heavy atom. The van der Waals surface area contributed by atoms with E-state index in [0.717, 1.165) is 11.1 Å². The van der Waals surface area contributed by atoms with Crippen molar-refractivity contribution in [1.82, 2.24) is 9.80 Å². The first-order valence-corrected chi connectivity index (χ1v) is 11.5. The average Bonchev–Trinajstić information content (AvgIpc) is 3.17. The van der Waals surface area contributed by atoms with E-state index in [1.807, 2.05) is 43.6 Å². The quantitative estimate of drug-likeness (QED) is 0.557. The third kappa shape index (κ3) is 5.73. The predicted molar refractivity (Wildman–Crippen MR) is 123 cm³/mol. The molecule has 7 heteroatoms. The van der Waals surface area contributed by atoms with Crippen LogP contribution in [0.25, 0.3) is 0 Å². The summed E-state index contributed by atoms with van der Waals surface area (Å²) in [5.74, 6) is 1.13. The molecule has 0 bridgehead atoms. The number of methoxy groups -OCH3 is 2. The molecule has 1 heterocycles. The molecule has 0 spiro atoms. The lowest BCUT2D eigenvalue weighted by molar-refractivity contribution is -0.135. The summed E-state index contributed by atoms with van der Waals surface area (Å²) in [4.78, 5) is 30.1. The fraction of sp³-hybridized carbons (Fsp3) is 0.417. The van der Waals surface area contributed by atoms with E-state index >= 15 is 0 Å². The number of benzene rings is 2. The van der Waals surface area contributed by atoms with E-state index < -0.39 is 0 Å². The zero-order valence-electron chi connectivity index (χ0n) is 18.6. The van der Waals surface area contributed by atoms with Crippen LogP contribution in [0.15, 0.2) is 47.4 Å². The number of thioether (sulfide) groups is 1. The summed E-state index contributed by atoms with van der Waals surface area (Å²) in [7, 11) is 5.02. The van der Waals surface area contributed by atoms with Gasteiger partial charge < -0.3 is 19.3 Å². The van der Waals surface area contributed by atoms with Gasteiger partial charge in [-0.05, 0) is 48.1 Å². The van der Waals surface area contributed by atoms with E-state index in [1.54, 1.807) is 35.8 Å². The molecule has 1 unspecified atom stereocenters. The molecule has 0 saturated carbocycles. The summed E-state index contributed by atoms with van der Waals surface area (Å²) in [6.45, 7) is 1.60. The van der Waals surface area contributed by atoms with Crippen LogP contribution in [0.4, 0.5) is 0 Å². The van der Waals surface area contributed by atoms with Crippen LogP contribution in [0, 0.1) is 5.92 Å². The number of amides is 2. The van der Waals surface area contributed by atoms with Crippen LogP contribution in [-0.2, 0) is 22.6 Å². The molecule has 1 aliphatic rings. The first-order chi connectivity index (χ1) is 14.9. The van der Waals surface area contributed by atoms with E-state index in [1.165, 1.54) is 4.90 Å². The number of ether oxygens (including phenoxy) is 2. The Balaban J connectivity index is 1.54. The van der Waals surface area contributed by atoms with Crippen molar-refractivity contribution < 1.29 is 19.1 Å². The monoisotopic (exact) mass is 442 g/mol. The van der Waals surface area contributed by atoms with E-state index in [9.17, 15) is 9.59 Å². The molecule has 2 amide bonds. The summed E-state index contributed by atoms with van der Waals surface area (Å²) in [5.41, 5.74) is 2.15. The van der Waals surface area contributed by atoms with Gasteiger partial charge in [0.2, 0.25) is 11.8 Å². The molecule has 0 aliphatic carbocycles. The highest BCUT2D eigenvalue weighted by molar-refractivity contribution is 7.98. The second-order valence-electron chi connectivity index (χ2n) is 7.72. The summed E-state index contributed by atoms with van der Waals surface area (Å²) in [6.07, 6.45) is 3.02. The fourth-order valence-corrected chi connectivity index (χ4v) is 4.26. The van der Waals surface area contributed by atoms with Gasteiger partial charge in [0.25, 0.3) is 0 Å². The Hall–Kier alpha value is -2.67. The van der Waals surface area contributed by atoms with Crippen molar-refractivity contribution in [3.8, 4) is 11.5 Å². The molecule has 166 valence electrons. The smallest absolute Gasteiger partial charge is 0.228 e. The second-order valence-corrected chi connectivity index (χ2v) is 8.60. The number of carbonyl (C=O) groups excluding carboxylic acids is 2. The summed E-state index contributed by atoms with van der Waals surface area (Å²) in [5, 5.41) is 0. The zero-order valence-corrected chi connectivity index (χ0v) is 19.4. The maximum Gasteiger partial charge on any atom is 0.228 e. The summed E-state index contributed by atoms with van der Waals surface area (Å²) < 4.78 is 10.6. The Morgan fingerprint density at radius 3 is 2.42 bits per heavy atom. The molecule has 2 aromatic carbocycles. The first kappa shape index (κ1) is 23.0. The molecule has 1 aliphatic heterocycles. The molecule has 1 fully saturated rings. The van der Waals surface area contributed by atoms with Crippen molar-refractivity contribution in [2.75, 3.05) is 40.6 Å². The van der Waals surface area contributed by atoms with Crippen molar-refractivity contribution in [3.63, 3.8) is 0 Å². The zero-order chi connectivity index (χ0) is 22.4. The van der Waals surface area contributed by atoms with Crippen molar-refractivity contribution in [2.45, 2.75) is 24.3 Å². The number of rotatable bonds is 9. The first-order valence-electron chi connectivity index (χ1n) is 10.3. The fourth-order valence-electron chi connectivity index (χ4n) is 3.85. The molecule has 3 rings (SSSR count). The average molecular weight is 443 g/mol. The molecular formula is C24H30N2O4S. The number of nitrogens with zero attached hydrogens (tertiary/aromatic N) is 2. The number of likely N-dealkylation sites (tertiary alicyclic amines) is 1. The number of hydrogen-bond donors (Lipinski definition) is 0. The molecule has 6 nitrogen and oxygen atoms in total. The molecule has 0 aromatic heterocycles. The Bertz CT molecular complexity index is 916. The molecule has 2 aromatic rings. The molecule has 1 saturated heterocycles.